The lowest BCUT2D eigenvalue weighted by Gasteiger charge is -2.18. The zero-order valence-corrected chi connectivity index (χ0v) is 11.6. The highest BCUT2D eigenvalue weighted by Crippen LogP contribution is 2.08. The van der Waals surface area contributed by atoms with Crippen molar-refractivity contribution < 1.29 is 19.4 Å². The molecular weight excluding hydrogens is 256 g/mol. The molecule has 0 fully saturated rings. The molecule has 0 radical (unpaired) electrons. The number of aliphatic hydroxyl groups is 1. The van der Waals surface area contributed by atoms with Gasteiger partial charge in [-0.3, -0.25) is 0 Å². The van der Waals surface area contributed by atoms with Gasteiger partial charge in [-0.05, 0) is 12.5 Å². The number of aliphatic hydroxyl groups excluding tert-OH is 1. The molecule has 4 heteroatoms. The third-order valence-electron chi connectivity index (χ3n) is 2.51. The van der Waals surface area contributed by atoms with E-state index in [1.807, 2.05) is 30.3 Å². The molecule has 2 atom stereocenters. The zero-order valence-electron chi connectivity index (χ0n) is 11.6. The van der Waals surface area contributed by atoms with E-state index < -0.39 is 18.2 Å². The number of benzene rings is 1. The van der Waals surface area contributed by atoms with E-state index in [0.717, 1.165) is 5.56 Å². The maximum absolute atomic E-state index is 11.7. The van der Waals surface area contributed by atoms with Gasteiger partial charge in [0.15, 0.2) is 6.10 Å². The molecule has 0 aromatic heterocycles. The molecule has 0 aliphatic rings. The fourth-order valence-corrected chi connectivity index (χ4v) is 1.58. The fraction of sp³-hybridized carbons (Fsp3) is 0.312. The van der Waals surface area contributed by atoms with Crippen LogP contribution in [-0.4, -0.2) is 36.5 Å². The number of rotatable bonds is 8. The summed E-state index contributed by atoms with van der Waals surface area (Å²) in [5.74, 6) is -0.584. The molecule has 4 nitrogen and oxygen atoms in total. The first-order valence-electron chi connectivity index (χ1n) is 6.49. The fourth-order valence-electron chi connectivity index (χ4n) is 1.58. The molecule has 1 rings (SSSR count). The van der Waals surface area contributed by atoms with Crippen molar-refractivity contribution in [2.75, 3.05) is 13.2 Å². The van der Waals surface area contributed by atoms with Crippen molar-refractivity contribution in [2.45, 2.75) is 19.1 Å². The average molecular weight is 276 g/mol. The summed E-state index contributed by atoms with van der Waals surface area (Å²) in [6.07, 6.45) is 2.63. The quantitative estimate of drug-likeness (QED) is 0.584. The largest absolute Gasteiger partial charge is 0.464 e. The predicted molar refractivity (Wildman–Crippen MR) is 78.1 cm³/mol. The molecular formula is C16H20O4. The summed E-state index contributed by atoms with van der Waals surface area (Å²) in [6, 6.07) is 9.48. The Kier molecular flexibility index (Phi) is 7.32. The SMILES string of the molecule is C=CCO[C@@H](C(=O)OCC)[C@@H](O)C=Cc1ccccc1. The number of hydrogen-bond acceptors (Lipinski definition) is 4. The van der Waals surface area contributed by atoms with Crippen molar-refractivity contribution in [3.05, 3.63) is 54.6 Å². The van der Waals surface area contributed by atoms with Crippen LogP contribution in [0.2, 0.25) is 0 Å². The Morgan fingerprint density at radius 3 is 2.70 bits per heavy atom. The number of carbonyl (C=O) groups excluding carboxylic acids is 1. The first-order valence-corrected chi connectivity index (χ1v) is 6.49. The van der Waals surface area contributed by atoms with E-state index in [0.29, 0.717) is 0 Å². The van der Waals surface area contributed by atoms with Crippen LogP contribution < -0.4 is 0 Å². The van der Waals surface area contributed by atoms with Gasteiger partial charge < -0.3 is 14.6 Å². The summed E-state index contributed by atoms with van der Waals surface area (Å²) in [5.41, 5.74) is 0.929. The molecule has 1 N–H and O–H groups in total. The van der Waals surface area contributed by atoms with E-state index in [9.17, 15) is 9.90 Å². The van der Waals surface area contributed by atoms with Crippen molar-refractivity contribution in [3.63, 3.8) is 0 Å². The van der Waals surface area contributed by atoms with E-state index >= 15 is 0 Å². The van der Waals surface area contributed by atoms with Gasteiger partial charge in [-0.25, -0.2) is 4.79 Å². The Bertz CT molecular complexity index is 439. The second kappa shape index (κ2) is 9.07. The zero-order chi connectivity index (χ0) is 14.8. The number of esters is 1. The lowest BCUT2D eigenvalue weighted by atomic mass is 10.1. The smallest absolute Gasteiger partial charge is 0.338 e. The molecule has 1 aromatic carbocycles. The molecule has 0 bridgehead atoms. The van der Waals surface area contributed by atoms with Crippen LogP contribution >= 0.6 is 0 Å². The molecule has 0 aliphatic carbocycles. The summed E-state index contributed by atoms with van der Waals surface area (Å²) in [6.45, 7) is 5.62. The summed E-state index contributed by atoms with van der Waals surface area (Å²) >= 11 is 0. The van der Waals surface area contributed by atoms with Gasteiger partial charge in [0.05, 0.1) is 13.2 Å². The standard InChI is InChI=1S/C16H20O4/c1-3-12-20-15(16(18)19-4-2)14(17)11-10-13-8-6-5-7-9-13/h3,5-11,14-15,17H,1,4,12H2,2H3/t14-,15+/m0/s1. The highest BCUT2D eigenvalue weighted by atomic mass is 16.6. The molecule has 0 unspecified atom stereocenters. The van der Waals surface area contributed by atoms with Gasteiger partial charge in [0.25, 0.3) is 0 Å². The third-order valence-corrected chi connectivity index (χ3v) is 2.51. The Morgan fingerprint density at radius 1 is 1.40 bits per heavy atom. The van der Waals surface area contributed by atoms with Crippen LogP contribution in [0.4, 0.5) is 0 Å². The molecule has 20 heavy (non-hydrogen) atoms. The van der Waals surface area contributed by atoms with E-state index in [2.05, 4.69) is 6.58 Å². The molecule has 108 valence electrons. The van der Waals surface area contributed by atoms with Gasteiger partial charge in [0, 0.05) is 0 Å². The van der Waals surface area contributed by atoms with Gasteiger partial charge in [-0.2, -0.15) is 0 Å². The van der Waals surface area contributed by atoms with Crippen LogP contribution in [0, 0.1) is 0 Å². The predicted octanol–water partition coefficient (Wildman–Crippen LogP) is 2.20. The number of hydrogen-bond donors (Lipinski definition) is 1. The summed E-state index contributed by atoms with van der Waals surface area (Å²) in [5, 5.41) is 10.0. The first kappa shape index (κ1) is 16.1. The second-order valence-electron chi connectivity index (χ2n) is 4.06. The molecule has 1 aromatic rings. The Balaban J connectivity index is 2.71. The minimum atomic E-state index is -1.07. The van der Waals surface area contributed by atoms with Crippen molar-refractivity contribution in [1.82, 2.24) is 0 Å². The maximum atomic E-state index is 11.7. The van der Waals surface area contributed by atoms with Crippen molar-refractivity contribution in [1.29, 1.82) is 0 Å². The van der Waals surface area contributed by atoms with Gasteiger partial charge in [0.2, 0.25) is 0 Å². The van der Waals surface area contributed by atoms with Gasteiger partial charge in [-0.15, -0.1) is 6.58 Å². The van der Waals surface area contributed by atoms with Crippen molar-refractivity contribution >= 4 is 12.0 Å². The minimum Gasteiger partial charge on any atom is -0.464 e. The Morgan fingerprint density at radius 2 is 2.10 bits per heavy atom. The van der Waals surface area contributed by atoms with E-state index in [4.69, 9.17) is 9.47 Å². The van der Waals surface area contributed by atoms with Gasteiger partial charge >= 0.3 is 5.97 Å². The second-order valence-corrected chi connectivity index (χ2v) is 4.06. The summed E-state index contributed by atoms with van der Waals surface area (Å²) < 4.78 is 10.1. The highest BCUT2D eigenvalue weighted by molar-refractivity contribution is 5.76. The van der Waals surface area contributed by atoms with Crippen LogP contribution in [0.1, 0.15) is 12.5 Å². The van der Waals surface area contributed by atoms with E-state index in [1.165, 1.54) is 12.2 Å². The topological polar surface area (TPSA) is 55.8 Å². The normalized spacial score (nSPS) is 13.9. The maximum Gasteiger partial charge on any atom is 0.338 e. The van der Waals surface area contributed by atoms with E-state index in [1.54, 1.807) is 13.0 Å². The van der Waals surface area contributed by atoms with Crippen LogP contribution in [0.25, 0.3) is 6.08 Å². The number of ether oxygens (including phenoxy) is 2. The summed E-state index contributed by atoms with van der Waals surface area (Å²) in [4.78, 5) is 11.7. The lowest BCUT2D eigenvalue weighted by molar-refractivity contribution is -0.161. The molecule has 0 saturated heterocycles. The summed E-state index contributed by atoms with van der Waals surface area (Å²) in [7, 11) is 0. The lowest BCUT2D eigenvalue weighted by Crippen LogP contribution is -2.37. The Hall–Kier alpha value is -1.91. The minimum absolute atomic E-state index is 0.166. The Labute approximate surface area is 119 Å². The van der Waals surface area contributed by atoms with Gasteiger partial charge in [0.1, 0.15) is 6.10 Å². The van der Waals surface area contributed by atoms with Crippen LogP contribution in [0.3, 0.4) is 0 Å². The van der Waals surface area contributed by atoms with Gasteiger partial charge in [-0.1, -0.05) is 48.6 Å². The number of carbonyl (C=O) groups is 1. The third kappa shape index (κ3) is 5.38. The van der Waals surface area contributed by atoms with Crippen LogP contribution in [0.15, 0.2) is 49.1 Å². The van der Waals surface area contributed by atoms with Crippen molar-refractivity contribution in [2.24, 2.45) is 0 Å². The molecule has 0 aliphatic heterocycles. The first-order chi connectivity index (χ1) is 9.69. The molecule has 0 amide bonds. The molecule has 0 saturated carbocycles. The van der Waals surface area contributed by atoms with Crippen molar-refractivity contribution in [3.8, 4) is 0 Å². The molecule has 0 spiro atoms. The van der Waals surface area contributed by atoms with Crippen LogP contribution in [-0.2, 0) is 14.3 Å². The highest BCUT2D eigenvalue weighted by Gasteiger charge is 2.26. The van der Waals surface area contributed by atoms with Crippen LogP contribution in [0.5, 0.6) is 0 Å². The average Bonchev–Trinajstić information content (AvgIpc) is 2.47. The molecule has 0 heterocycles. The monoisotopic (exact) mass is 276 g/mol. The van der Waals surface area contributed by atoms with E-state index in [-0.39, 0.29) is 13.2 Å².